The van der Waals surface area contributed by atoms with E-state index >= 15 is 0 Å². The van der Waals surface area contributed by atoms with Crippen molar-refractivity contribution >= 4 is 0 Å². The van der Waals surface area contributed by atoms with Crippen molar-refractivity contribution in [2.24, 2.45) is 0 Å². The summed E-state index contributed by atoms with van der Waals surface area (Å²) in [4.78, 5) is 13.2. The zero-order valence-electron chi connectivity index (χ0n) is 11.5. The van der Waals surface area contributed by atoms with Gasteiger partial charge in [0.05, 0.1) is 11.4 Å². The van der Waals surface area contributed by atoms with Crippen LogP contribution in [-0.4, -0.2) is 15.0 Å². The highest BCUT2D eigenvalue weighted by molar-refractivity contribution is 5.64. The number of hydrogen-bond donors (Lipinski definition) is 0. The molecule has 0 saturated carbocycles. The standard InChI is InChI=1S/C17H15N3/c1-12-3-7-16(19-9-12)15-6-8-17(20-11-15)14-5-4-13(2)18-10-14/h3-11H,1-2H3. The molecule has 3 aromatic heterocycles. The van der Waals surface area contributed by atoms with Crippen molar-refractivity contribution in [3.8, 4) is 22.5 Å². The van der Waals surface area contributed by atoms with Crippen LogP contribution in [0, 0.1) is 13.8 Å². The maximum atomic E-state index is 4.50. The summed E-state index contributed by atoms with van der Waals surface area (Å²) >= 11 is 0. The number of aromatic nitrogens is 3. The normalized spacial score (nSPS) is 10.5. The molecule has 0 atom stereocenters. The van der Waals surface area contributed by atoms with Gasteiger partial charge in [-0.05, 0) is 49.7 Å². The minimum Gasteiger partial charge on any atom is -0.261 e. The van der Waals surface area contributed by atoms with E-state index in [9.17, 15) is 0 Å². The Kier molecular flexibility index (Phi) is 3.25. The predicted molar refractivity (Wildman–Crippen MR) is 80.2 cm³/mol. The fourth-order valence-corrected chi connectivity index (χ4v) is 1.97. The average Bonchev–Trinajstić information content (AvgIpc) is 2.49. The lowest BCUT2D eigenvalue weighted by Gasteiger charge is -2.04. The molecule has 3 heteroatoms. The summed E-state index contributed by atoms with van der Waals surface area (Å²) in [5.74, 6) is 0. The Morgan fingerprint density at radius 2 is 1.20 bits per heavy atom. The minimum atomic E-state index is 0.924. The Hall–Kier alpha value is -2.55. The monoisotopic (exact) mass is 261 g/mol. The van der Waals surface area contributed by atoms with Gasteiger partial charge in [-0.15, -0.1) is 0 Å². The van der Waals surface area contributed by atoms with Gasteiger partial charge in [0.1, 0.15) is 0 Å². The summed E-state index contributed by atoms with van der Waals surface area (Å²) in [6.07, 6.45) is 5.57. The van der Waals surface area contributed by atoms with Gasteiger partial charge >= 0.3 is 0 Å². The van der Waals surface area contributed by atoms with Crippen molar-refractivity contribution in [1.82, 2.24) is 15.0 Å². The van der Waals surface area contributed by atoms with Gasteiger partial charge in [-0.1, -0.05) is 6.07 Å². The number of hydrogen-bond acceptors (Lipinski definition) is 3. The second-order valence-corrected chi connectivity index (χ2v) is 4.84. The molecule has 3 rings (SSSR count). The molecule has 0 aliphatic heterocycles. The Morgan fingerprint density at radius 3 is 1.70 bits per heavy atom. The lowest BCUT2D eigenvalue weighted by atomic mass is 10.1. The quantitative estimate of drug-likeness (QED) is 0.704. The molecular weight excluding hydrogens is 246 g/mol. The van der Waals surface area contributed by atoms with Crippen LogP contribution in [0.4, 0.5) is 0 Å². The van der Waals surface area contributed by atoms with Gasteiger partial charge < -0.3 is 0 Å². The van der Waals surface area contributed by atoms with E-state index in [0.29, 0.717) is 0 Å². The first-order valence-electron chi connectivity index (χ1n) is 6.54. The smallest absolute Gasteiger partial charge is 0.0717 e. The zero-order chi connectivity index (χ0) is 13.9. The molecule has 0 saturated heterocycles. The van der Waals surface area contributed by atoms with E-state index in [-0.39, 0.29) is 0 Å². The van der Waals surface area contributed by atoms with E-state index < -0.39 is 0 Å². The zero-order valence-corrected chi connectivity index (χ0v) is 11.5. The molecule has 98 valence electrons. The van der Waals surface area contributed by atoms with Crippen molar-refractivity contribution in [3.63, 3.8) is 0 Å². The average molecular weight is 261 g/mol. The second-order valence-electron chi connectivity index (χ2n) is 4.84. The van der Waals surface area contributed by atoms with Crippen LogP contribution in [0.25, 0.3) is 22.5 Å². The summed E-state index contributed by atoms with van der Waals surface area (Å²) in [5, 5.41) is 0. The SMILES string of the molecule is Cc1ccc(-c2ccc(-c3ccc(C)nc3)nc2)nc1. The van der Waals surface area contributed by atoms with Gasteiger partial charge in [0.25, 0.3) is 0 Å². The van der Waals surface area contributed by atoms with Gasteiger partial charge in [-0.3, -0.25) is 15.0 Å². The molecule has 3 aromatic rings. The molecule has 0 radical (unpaired) electrons. The van der Waals surface area contributed by atoms with Crippen LogP contribution < -0.4 is 0 Å². The van der Waals surface area contributed by atoms with Crippen LogP contribution in [-0.2, 0) is 0 Å². The van der Waals surface area contributed by atoms with Crippen molar-refractivity contribution in [2.45, 2.75) is 13.8 Å². The van der Waals surface area contributed by atoms with Crippen molar-refractivity contribution in [1.29, 1.82) is 0 Å². The first-order valence-corrected chi connectivity index (χ1v) is 6.54. The third-order valence-electron chi connectivity index (χ3n) is 3.18. The van der Waals surface area contributed by atoms with Gasteiger partial charge in [0.15, 0.2) is 0 Å². The molecule has 0 spiro atoms. The van der Waals surface area contributed by atoms with E-state index in [0.717, 1.165) is 33.8 Å². The topological polar surface area (TPSA) is 38.7 Å². The maximum absolute atomic E-state index is 4.50. The van der Waals surface area contributed by atoms with Gasteiger partial charge in [-0.2, -0.15) is 0 Å². The molecule has 0 unspecified atom stereocenters. The van der Waals surface area contributed by atoms with Crippen molar-refractivity contribution < 1.29 is 0 Å². The van der Waals surface area contributed by atoms with E-state index in [2.05, 4.69) is 21.0 Å². The van der Waals surface area contributed by atoms with Gasteiger partial charge in [0.2, 0.25) is 0 Å². The minimum absolute atomic E-state index is 0.924. The van der Waals surface area contributed by atoms with Gasteiger partial charge in [-0.25, -0.2) is 0 Å². The van der Waals surface area contributed by atoms with Crippen LogP contribution in [0.3, 0.4) is 0 Å². The summed E-state index contributed by atoms with van der Waals surface area (Å²) in [7, 11) is 0. The highest BCUT2D eigenvalue weighted by Gasteiger charge is 2.02. The van der Waals surface area contributed by atoms with Crippen LogP contribution in [0.2, 0.25) is 0 Å². The number of pyridine rings is 3. The molecule has 0 bridgehead atoms. The lowest BCUT2D eigenvalue weighted by Crippen LogP contribution is -1.89. The first-order chi connectivity index (χ1) is 9.72. The van der Waals surface area contributed by atoms with E-state index in [1.807, 2.05) is 62.8 Å². The molecular formula is C17H15N3. The van der Waals surface area contributed by atoms with E-state index in [1.165, 1.54) is 0 Å². The number of aryl methyl sites for hydroxylation is 2. The third-order valence-corrected chi connectivity index (χ3v) is 3.18. The predicted octanol–water partition coefficient (Wildman–Crippen LogP) is 3.82. The van der Waals surface area contributed by atoms with Gasteiger partial charge in [0, 0.05) is 35.4 Å². The summed E-state index contributed by atoms with van der Waals surface area (Å²) < 4.78 is 0. The molecule has 20 heavy (non-hydrogen) atoms. The Bertz CT molecular complexity index is 634. The largest absolute Gasteiger partial charge is 0.261 e. The number of rotatable bonds is 2. The molecule has 3 heterocycles. The summed E-state index contributed by atoms with van der Waals surface area (Å²) in [6, 6.07) is 12.1. The highest BCUT2D eigenvalue weighted by atomic mass is 14.7. The van der Waals surface area contributed by atoms with Crippen molar-refractivity contribution in [2.75, 3.05) is 0 Å². The van der Waals surface area contributed by atoms with Crippen molar-refractivity contribution in [3.05, 3.63) is 66.2 Å². The fraction of sp³-hybridized carbons (Fsp3) is 0.118. The number of nitrogens with zero attached hydrogens (tertiary/aromatic N) is 3. The molecule has 0 aromatic carbocycles. The van der Waals surface area contributed by atoms with Crippen LogP contribution in [0.15, 0.2) is 55.0 Å². The molecule has 0 N–H and O–H groups in total. The highest BCUT2D eigenvalue weighted by Crippen LogP contribution is 2.21. The Labute approximate surface area is 118 Å². The summed E-state index contributed by atoms with van der Waals surface area (Å²) in [5.41, 5.74) is 6.08. The molecule has 3 nitrogen and oxygen atoms in total. The van der Waals surface area contributed by atoms with E-state index in [4.69, 9.17) is 0 Å². The Morgan fingerprint density at radius 1 is 0.600 bits per heavy atom. The molecule has 0 amide bonds. The second kappa shape index (κ2) is 5.21. The fourth-order valence-electron chi connectivity index (χ4n) is 1.97. The van der Waals surface area contributed by atoms with Crippen LogP contribution >= 0.6 is 0 Å². The summed E-state index contributed by atoms with van der Waals surface area (Å²) in [6.45, 7) is 4.01. The van der Waals surface area contributed by atoms with Crippen LogP contribution in [0.1, 0.15) is 11.3 Å². The lowest BCUT2D eigenvalue weighted by molar-refractivity contribution is 1.19. The Balaban J connectivity index is 1.91. The molecule has 0 fully saturated rings. The first kappa shape index (κ1) is 12.5. The van der Waals surface area contributed by atoms with E-state index in [1.54, 1.807) is 0 Å². The van der Waals surface area contributed by atoms with Crippen LogP contribution in [0.5, 0.6) is 0 Å². The molecule has 0 aliphatic rings. The maximum Gasteiger partial charge on any atom is 0.0717 e. The third kappa shape index (κ3) is 2.57. The molecule has 0 aliphatic carbocycles.